The summed E-state index contributed by atoms with van der Waals surface area (Å²) in [6.45, 7) is 8.94. The number of aryl methyl sites for hydroxylation is 2. The van der Waals surface area contributed by atoms with E-state index < -0.39 is 17.7 Å². The number of carbonyl (C=O) groups is 2. The number of rotatable bonds is 2. The molecule has 0 atom stereocenters. The number of hydroxylamine groups is 1. The Bertz CT molecular complexity index is 1330. The number of thiophene rings is 2. The Balaban J connectivity index is 1.74. The first kappa shape index (κ1) is 23.7. The number of pyridine rings is 2. The van der Waals surface area contributed by atoms with Crippen molar-refractivity contribution in [2.45, 2.75) is 40.2 Å². The Labute approximate surface area is 207 Å². The number of nitrogens with zero attached hydrogens (tertiary/aromatic N) is 3. The zero-order valence-electron chi connectivity index (χ0n) is 18.4. The summed E-state index contributed by atoms with van der Waals surface area (Å²) in [5.41, 5.74) is 0.953. The number of aromatic nitrogens is 2. The third-order valence-corrected chi connectivity index (χ3v) is 7.58. The molecule has 0 unspecified atom stereocenters. The van der Waals surface area contributed by atoms with Gasteiger partial charge in [-0.2, -0.15) is 0 Å². The van der Waals surface area contributed by atoms with Crippen LogP contribution in [0.2, 0.25) is 10.3 Å². The molecular weight excluding hydrogens is 505 g/mol. The highest BCUT2D eigenvalue weighted by Crippen LogP contribution is 2.39. The van der Waals surface area contributed by atoms with E-state index in [0.717, 1.165) is 25.6 Å². The molecule has 0 aliphatic heterocycles. The van der Waals surface area contributed by atoms with Gasteiger partial charge in [-0.15, -0.1) is 22.7 Å². The number of carbonyl (C=O) groups excluding carboxylic acids is 2. The summed E-state index contributed by atoms with van der Waals surface area (Å²) in [7, 11) is 0. The van der Waals surface area contributed by atoms with Gasteiger partial charge in [-0.05, 0) is 57.9 Å². The molecule has 33 heavy (non-hydrogen) atoms. The average Bonchev–Trinajstić information content (AvgIpc) is 3.37. The summed E-state index contributed by atoms with van der Waals surface area (Å²) in [4.78, 5) is 40.2. The van der Waals surface area contributed by atoms with Gasteiger partial charge in [0.25, 0.3) is 0 Å². The Morgan fingerprint density at radius 1 is 0.939 bits per heavy atom. The molecule has 0 N–H and O–H groups in total. The van der Waals surface area contributed by atoms with Gasteiger partial charge in [-0.3, -0.25) is 0 Å². The molecule has 7 nitrogen and oxygen atoms in total. The highest BCUT2D eigenvalue weighted by Gasteiger charge is 2.30. The molecule has 4 heterocycles. The van der Waals surface area contributed by atoms with Crippen LogP contribution in [0.5, 0.6) is 0 Å². The molecule has 0 radical (unpaired) electrons. The average molecular weight is 524 g/mol. The molecule has 0 aromatic carbocycles. The van der Waals surface area contributed by atoms with E-state index >= 15 is 0 Å². The zero-order chi connectivity index (χ0) is 24.1. The minimum absolute atomic E-state index is 0.272. The highest BCUT2D eigenvalue weighted by atomic mass is 35.5. The maximum atomic E-state index is 13.1. The minimum Gasteiger partial charge on any atom is -0.441 e. The van der Waals surface area contributed by atoms with E-state index in [2.05, 4.69) is 9.97 Å². The predicted octanol–water partition coefficient (Wildman–Crippen LogP) is 7.34. The van der Waals surface area contributed by atoms with Crippen molar-refractivity contribution in [3.05, 3.63) is 50.8 Å². The predicted molar refractivity (Wildman–Crippen MR) is 133 cm³/mol. The van der Waals surface area contributed by atoms with Crippen molar-refractivity contribution in [3.8, 4) is 0 Å². The second-order valence-electron chi connectivity index (χ2n) is 8.30. The Hall–Kier alpha value is -2.46. The maximum absolute atomic E-state index is 13.1. The highest BCUT2D eigenvalue weighted by molar-refractivity contribution is 7.23. The summed E-state index contributed by atoms with van der Waals surface area (Å²) in [5, 5.41) is 3.06. The van der Waals surface area contributed by atoms with Crippen LogP contribution >= 0.6 is 45.9 Å². The van der Waals surface area contributed by atoms with Gasteiger partial charge in [0.15, 0.2) is 0 Å². The van der Waals surface area contributed by atoms with Crippen molar-refractivity contribution in [3.63, 3.8) is 0 Å². The van der Waals surface area contributed by atoms with Crippen LogP contribution in [0.25, 0.3) is 20.2 Å². The molecule has 0 bridgehead atoms. The Morgan fingerprint density at radius 3 is 2.00 bits per heavy atom. The standard InChI is InChI=1S/C22H19Cl2N3O4S2/c1-10-8-25-18(23)12-6-14(32-16(10)12)20(28)31-27(21(29)30-22(3,4)5)15-7-13-17(33-15)11(2)9-26-19(13)24/h6-9H,1-5H3. The van der Waals surface area contributed by atoms with E-state index in [1.807, 2.05) is 13.8 Å². The SMILES string of the molecule is Cc1cnc(Cl)c2cc(C(=O)ON(C(=O)OC(C)(C)C)c3cc4c(Cl)ncc(C)c4s3)sc12. The molecule has 0 saturated carbocycles. The quantitative estimate of drug-likeness (QED) is 0.202. The van der Waals surface area contributed by atoms with Crippen molar-refractivity contribution < 1.29 is 19.2 Å². The first-order valence-electron chi connectivity index (χ1n) is 9.79. The number of halogens is 2. The Kier molecular flexibility index (Phi) is 6.26. The molecule has 11 heteroatoms. The minimum atomic E-state index is -0.832. The van der Waals surface area contributed by atoms with Crippen molar-refractivity contribution in [2.24, 2.45) is 0 Å². The summed E-state index contributed by atoms with van der Waals surface area (Å²) >= 11 is 14.9. The molecule has 0 spiro atoms. The monoisotopic (exact) mass is 523 g/mol. The van der Waals surface area contributed by atoms with Gasteiger partial charge >= 0.3 is 12.1 Å². The zero-order valence-corrected chi connectivity index (χ0v) is 21.5. The van der Waals surface area contributed by atoms with Gasteiger partial charge < -0.3 is 9.57 Å². The van der Waals surface area contributed by atoms with Gasteiger partial charge in [0.05, 0.1) is 0 Å². The number of ether oxygens (including phenoxy) is 1. The van der Waals surface area contributed by atoms with E-state index in [0.29, 0.717) is 15.8 Å². The van der Waals surface area contributed by atoms with Crippen molar-refractivity contribution in [1.29, 1.82) is 0 Å². The van der Waals surface area contributed by atoms with Gasteiger partial charge in [-0.1, -0.05) is 28.3 Å². The fraction of sp³-hybridized carbons (Fsp3) is 0.273. The maximum Gasteiger partial charge on any atom is 0.449 e. The van der Waals surface area contributed by atoms with E-state index in [-0.39, 0.29) is 15.2 Å². The molecule has 0 fully saturated rings. The molecular formula is C22H19Cl2N3O4S2. The van der Waals surface area contributed by atoms with E-state index in [1.54, 1.807) is 45.3 Å². The van der Waals surface area contributed by atoms with Crippen LogP contribution in [0.3, 0.4) is 0 Å². The summed E-state index contributed by atoms with van der Waals surface area (Å²) < 4.78 is 7.13. The van der Waals surface area contributed by atoms with Crippen LogP contribution in [0.1, 0.15) is 41.6 Å². The number of anilines is 1. The molecule has 172 valence electrons. The lowest BCUT2D eigenvalue weighted by Gasteiger charge is -2.24. The van der Waals surface area contributed by atoms with Crippen LogP contribution in [0.4, 0.5) is 9.80 Å². The van der Waals surface area contributed by atoms with E-state index in [9.17, 15) is 9.59 Å². The van der Waals surface area contributed by atoms with Crippen LogP contribution < -0.4 is 5.06 Å². The van der Waals surface area contributed by atoms with E-state index in [1.165, 1.54) is 22.7 Å². The first-order valence-corrected chi connectivity index (χ1v) is 12.2. The molecule has 0 saturated heterocycles. The number of amides is 1. The van der Waals surface area contributed by atoms with E-state index in [4.69, 9.17) is 32.8 Å². The van der Waals surface area contributed by atoms with Gasteiger partial charge in [0.1, 0.15) is 25.8 Å². The fourth-order valence-electron chi connectivity index (χ4n) is 3.03. The summed E-state index contributed by atoms with van der Waals surface area (Å²) in [5.74, 6) is -0.726. The van der Waals surface area contributed by atoms with Crippen LogP contribution in [-0.2, 0) is 9.57 Å². The topological polar surface area (TPSA) is 81.6 Å². The molecule has 0 aliphatic carbocycles. The van der Waals surface area contributed by atoms with Crippen LogP contribution in [0.15, 0.2) is 24.5 Å². The Morgan fingerprint density at radius 2 is 1.48 bits per heavy atom. The van der Waals surface area contributed by atoms with Gasteiger partial charge in [0.2, 0.25) is 0 Å². The number of fused-ring (bicyclic) bond motifs is 2. The molecule has 1 amide bonds. The summed E-state index contributed by atoms with van der Waals surface area (Å²) in [6.07, 6.45) is 2.45. The lowest BCUT2D eigenvalue weighted by molar-refractivity contribution is 0.0205. The van der Waals surface area contributed by atoms with Crippen molar-refractivity contribution >= 4 is 83.1 Å². The largest absolute Gasteiger partial charge is 0.449 e. The van der Waals surface area contributed by atoms with Gasteiger partial charge in [-0.25, -0.2) is 19.6 Å². The van der Waals surface area contributed by atoms with Crippen LogP contribution in [-0.4, -0.2) is 27.6 Å². The van der Waals surface area contributed by atoms with Crippen molar-refractivity contribution in [1.82, 2.24) is 9.97 Å². The lowest BCUT2D eigenvalue weighted by atomic mass is 10.2. The van der Waals surface area contributed by atoms with Crippen LogP contribution in [0, 0.1) is 13.8 Å². The molecule has 4 aromatic rings. The van der Waals surface area contributed by atoms with Gasteiger partial charge in [0, 0.05) is 32.6 Å². The normalized spacial score (nSPS) is 11.7. The smallest absolute Gasteiger partial charge is 0.441 e. The fourth-order valence-corrected chi connectivity index (χ4v) is 5.59. The number of hydrogen-bond acceptors (Lipinski definition) is 8. The van der Waals surface area contributed by atoms with Crippen molar-refractivity contribution in [2.75, 3.05) is 5.06 Å². The second-order valence-corrected chi connectivity index (χ2v) is 11.1. The summed E-state index contributed by atoms with van der Waals surface area (Å²) in [6, 6.07) is 3.25. The molecule has 4 rings (SSSR count). The molecule has 4 aromatic heterocycles. The first-order chi connectivity index (χ1) is 15.4. The third kappa shape index (κ3) is 4.77. The lowest BCUT2D eigenvalue weighted by Crippen LogP contribution is -2.38. The second kappa shape index (κ2) is 8.72. The molecule has 0 aliphatic rings. The number of hydrogen-bond donors (Lipinski definition) is 0. The third-order valence-electron chi connectivity index (χ3n) is 4.49.